The van der Waals surface area contributed by atoms with E-state index in [4.69, 9.17) is 56.8 Å². The second-order valence-corrected chi connectivity index (χ2v) is 13.1. The first-order valence-electron chi connectivity index (χ1n) is 20.0. The van der Waals surface area contributed by atoms with Gasteiger partial charge in [-0.1, -0.05) is 24.3 Å². The SMILES string of the molecule is COCCOCCOCCOc1cc(Cn2c(=O)[nH]c3c(-c4cccc5[nH]c(=O)[nH]c45)cccc32)cc(OCCOCCOCCOC)c1OCCOCCOCCOC. The third-order valence-corrected chi connectivity index (χ3v) is 8.93. The van der Waals surface area contributed by atoms with Crippen LogP contribution in [0.4, 0.5) is 0 Å². The van der Waals surface area contributed by atoms with E-state index in [1.165, 1.54) is 0 Å². The lowest BCUT2D eigenvalue weighted by Crippen LogP contribution is -2.18. The average Bonchev–Trinajstić information content (AvgIpc) is 3.80. The van der Waals surface area contributed by atoms with Crippen LogP contribution in [0.1, 0.15) is 5.56 Å². The first-order valence-corrected chi connectivity index (χ1v) is 20.0. The van der Waals surface area contributed by atoms with Gasteiger partial charge in [-0.05, 0) is 29.8 Å². The van der Waals surface area contributed by atoms with E-state index in [9.17, 15) is 9.59 Å². The Labute approximate surface area is 348 Å². The number of hydrogen-bond acceptors (Lipinski definition) is 14. The molecule has 18 nitrogen and oxygen atoms in total. The van der Waals surface area contributed by atoms with E-state index < -0.39 is 0 Å². The Morgan fingerprint density at radius 2 is 0.933 bits per heavy atom. The van der Waals surface area contributed by atoms with Crippen molar-refractivity contribution in [3.05, 3.63) is 75.1 Å². The lowest BCUT2D eigenvalue weighted by molar-refractivity contribution is 0.0146. The van der Waals surface area contributed by atoms with Crippen molar-refractivity contribution in [2.24, 2.45) is 0 Å². The Balaban J connectivity index is 1.37. The van der Waals surface area contributed by atoms with Crippen LogP contribution in [-0.4, -0.2) is 160 Å². The number of aromatic amines is 3. The minimum absolute atomic E-state index is 0.164. The fourth-order valence-corrected chi connectivity index (χ4v) is 6.12. The summed E-state index contributed by atoms with van der Waals surface area (Å²) in [6.07, 6.45) is 0. The molecule has 0 spiro atoms. The van der Waals surface area contributed by atoms with Gasteiger partial charge in [-0.15, -0.1) is 0 Å². The van der Waals surface area contributed by atoms with Crippen molar-refractivity contribution in [2.75, 3.05) is 140 Å². The second-order valence-electron chi connectivity index (χ2n) is 13.1. The molecule has 0 aliphatic heterocycles. The van der Waals surface area contributed by atoms with Gasteiger partial charge in [0.15, 0.2) is 11.5 Å². The summed E-state index contributed by atoms with van der Waals surface area (Å²) < 4.78 is 69.3. The maximum absolute atomic E-state index is 13.7. The molecule has 0 saturated carbocycles. The molecule has 3 N–H and O–H groups in total. The van der Waals surface area contributed by atoms with Crippen LogP contribution in [0.15, 0.2) is 58.1 Å². The molecule has 330 valence electrons. The highest BCUT2D eigenvalue weighted by molar-refractivity contribution is 6.00. The molecule has 0 bridgehead atoms. The van der Waals surface area contributed by atoms with E-state index in [1.807, 2.05) is 48.5 Å². The number of H-pyrrole nitrogens is 3. The number of ether oxygens (including phenoxy) is 12. The number of fused-ring (bicyclic) bond motifs is 2. The first kappa shape index (κ1) is 46.3. The molecule has 2 heterocycles. The molecule has 0 amide bonds. The van der Waals surface area contributed by atoms with Crippen molar-refractivity contribution in [2.45, 2.75) is 6.54 Å². The minimum Gasteiger partial charge on any atom is -0.487 e. The lowest BCUT2D eigenvalue weighted by atomic mass is 10.0. The van der Waals surface area contributed by atoms with Gasteiger partial charge < -0.3 is 71.8 Å². The van der Waals surface area contributed by atoms with Crippen molar-refractivity contribution in [3.8, 4) is 28.4 Å². The zero-order chi connectivity index (χ0) is 42.2. The van der Waals surface area contributed by atoms with Crippen LogP contribution >= 0.6 is 0 Å². The van der Waals surface area contributed by atoms with E-state index in [2.05, 4.69) is 15.0 Å². The number of nitrogens with zero attached hydrogens (tertiary/aromatic N) is 1. The van der Waals surface area contributed by atoms with Crippen molar-refractivity contribution < 1.29 is 56.8 Å². The van der Waals surface area contributed by atoms with Crippen LogP contribution in [0.2, 0.25) is 0 Å². The van der Waals surface area contributed by atoms with E-state index in [0.717, 1.165) is 11.1 Å². The fourth-order valence-electron chi connectivity index (χ4n) is 6.12. The van der Waals surface area contributed by atoms with Crippen LogP contribution in [-0.2, 0) is 49.2 Å². The summed E-state index contributed by atoms with van der Waals surface area (Å²) in [7, 11) is 4.87. The summed E-state index contributed by atoms with van der Waals surface area (Å²) in [5.41, 5.74) is 4.22. The largest absolute Gasteiger partial charge is 0.487 e. The number of nitrogens with one attached hydrogen (secondary N) is 3. The van der Waals surface area contributed by atoms with Gasteiger partial charge in [0, 0.05) is 32.5 Å². The van der Waals surface area contributed by atoms with Crippen LogP contribution < -0.4 is 25.6 Å². The normalized spacial score (nSPS) is 11.6. The zero-order valence-corrected chi connectivity index (χ0v) is 34.7. The Morgan fingerprint density at radius 1 is 0.483 bits per heavy atom. The van der Waals surface area contributed by atoms with Gasteiger partial charge >= 0.3 is 11.4 Å². The van der Waals surface area contributed by atoms with Gasteiger partial charge in [0.2, 0.25) is 5.75 Å². The molecular weight excluding hydrogens is 784 g/mol. The highest BCUT2D eigenvalue weighted by atomic mass is 16.6. The number of hydrogen-bond donors (Lipinski definition) is 3. The molecule has 0 unspecified atom stereocenters. The molecule has 0 radical (unpaired) electrons. The molecule has 0 fully saturated rings. The molecule has 60 heavy (non-hydrogen) atoms. The van der Waals surface area contributed by atoms with Gasteiger partial charge in [0.25, 0.3) is 0 Å². The Bertz CT molecular complexity index is 2050. The quantitative estimate of drug-likeness (QED) is 0.0520. The van der Waals surface area contributed by atoms with Crippen molar-refractivity contribution >= 4 is 22.1 Å². The van der Waals surface area contributed by atoms with Crippen LogP contribution in [0.5, 0.6) is 17.2 Å². The molecule has 5 rings (SSSR count). The predicted octanol–water partition coefficient (Wildman–Crippen LogP) is 3.39. The molecule has 0 saturated heterocycles. The van der Waals surface area contributed by atoms with Crippen molar-refractivity contribution in [1.29, 1.82) is 0 Å². The molecule has 18 heteroatoms. The number of aromatic nitrogens is 4. The molecule has 2 aromatic heterocycles. The van der Waals surface area contributed by atoms with E-state index in [0.29, 0.717) is 124 Å². The molecule has 3 aromatic carbocycles. The molecular formula is C42H58N4O14. The summed E-state index contributed by atoms with van der Waals surface area (Å²) in [5.74, 6) is 1.16. The van der Waals surface area contributed by atoms with Gasteiger partial charge in [-0.2, -0.15) is 0 Å². The second kappa shape index (κ2) is 26.5. The topological polar surface area (TPSA) is 197 Å². The number of methoxy groups -OCH3 is 3. The lowest BCUT2D eigenvalue weighted by Gasteiger charge is -2.19. The number of imidazole rings is 2. The minimum atomic E-state index is -0.317. The standard InChI is InChI=1S/C42H58N4O14/c1-49-10-13-52-16-19-55-22-25-58-36-28-31(30-46-35-9-5-7-33(39(35)45-42(46)48)32-6-4-8-34-38(32)44-41(47)43-34)29-37(59-26-23-56-20-17-53-14-11-50-2)40(36)60-27-24-57-21-18-54-15-12-51-3/h4-9,28-29H,10-27,30H2,1-3H3,(H,45,48)(H2,43,44,47). The molecule has 0 atom stereocenters. The maximum atomic E-state index is 13.7. The molecule has 0 aliphatic carbocycles. The van der Waals surface area contributed by atoms with E-state index in [-0.39, 0.29) is 57.6 Å². The van der Waals surface area contributed by atoms with Gasteiger partial charge in [0.05, 0.1) is 128 Å². The van der Waals surface area contributed by atoms with Gasteiger partial charge in [-0.25, -0.2) is 9.59 Å². The predicted molar refractivity (Wildman–Crippen MR) is 223 cm³/mol. The van der Waals surface area contributed by atoms with Crippen molar-refractivity contribution in [3.63, 3.8) is 0 Å². The highest BCUT2D eigenvalue weighted by Crippen LogP contribution is 2.40. The average molecular weight is 843 g/mol. The zero-order valence-electron chi connectivity index (χ0n) is 34.7. The van der Waals surface area contributed by atoms with Gasteiger partial charge in [0.1, 0.15) is 19.8 Å². The van der Waals surface area contributed by atoms with Crippen LogP contribution in [0, 0.1) is 0 Å². The van der Waals surface area contributed by atoms with E-state index in [1.54, 1.807) is 25.9 Å². The number of benzene rings is 3. The summed E-state index contributed by atoms with van der Waals surface area (Å²) in [6, 6.07) is 14.9. The summed E-state index contributed by atoms with van der Waals surface area (Å²) in [6.45, 7) is 6.98. The Hall–Kier alpha value is -4.76. The van der Waals surface area contributed by atoms with E-state index >= 15 is 0 Å². The maximum Gasteiger partial charge on any atom is 0.326 e. The molecule has 0 aliphatic rings. The monoisotopic (exact) mass is 842 g/mol. The highest BCUT2D eigenvalue weighted by Gasteiger charge is 2.19. The van der Waals surface area contributed by atoms with Gasteiger partial charge in [-0.3, -0.25) is 4.57 Å². The fraction of sp³-hybridized carbons (Fsp3) is 0.524. The number of rotatable bonds is 33. The Kier molecular flexibility index (Phi) is 20.4. The first-order chi connectivity index (χ1) is 29.5. The number of para-hydroxylation sites is 2. The van der Waals surface area contributed by atoms with Crippen molar-refractivity contribution in [1.82, 2.24) is 19.5 Å². The third-order valence-electron chi connectivity index (χ3n) is 8.93. The van der Waals surface area contributed by atoms with Crippen LogP contribution in [0.3, 0.4) is 0 Å². The summed E-state index contributed by atoms with van der Waals surface area (Å²) >= 11 is 0. The molecule has 5 aromatic rings. The van der Waals surface area contributed by atoms with Crippen LogP contribution in [0.25, 0.3) is 33.2 Å². The Morgan fingerprint density at radius 3 is 1.45 bits per heavy atom. The summed E-state index contributed by atoms with van der Waals surface area (Å²) in [5, 5.41) is 0. The third kappa shape index (κ3) is 14.5. The summed E-state index contributed by atoms with van der Waals surface area (Å²) in [4.78, 5) is 34.6. The smallest absolute Gasteiger partial charge is 0.326 e.